The Kier molecular flexibility index (Phi) is 4.50. The number of benzene rings is 1. The molecule has 9 nitrogen and oxygen atoms in total. The van der Waals surface area contributed by atoms with E-state index in [1.54, 1.807) is 0 Å². The summed E-state index contributed by atoms with van der Waals surface area (Å²) in [7, 11) is 0. The number of nitro groups is 1. The Hall–Kier alpha value is -2.68. The van der Waals surface area contributed by atoms with Crippen LogP contribution in [0, 0.1) is 10.1 Å². The molecule has 9 heteroatoms. The van der Waals surface area contributed by atoms with Crippen molar-refractivity contribution in [3.8, 4) is 0 Å². The van der Waals surface area contributed by atoms with Crippen LogP contribution in [0.1, 0.15) is 18.4 Å². The second kappa shape index (κ2) is 6.21. The molecule has 1 aromatic carbocycles. The van der Waals surface area contributed by atoms with E-state index in [2.05, 4.69) is 0 Å². The van der Waals surface area contributed by atoms with E-state index >= 15 is 0 Å². The number of hydrogen-bond donors (Lipinski definition) is 3. The molecule has 0 aromatic heterocycles. The van der Waals surface area contributed by atoms with Gasteiger partial charge in [-0.3, -0.25) is 15.0 Å². The average Bonchev–Trinajstić information content (AvgIpc) is 2.49. The number of nitrogens with zero attached hydrogens (tertiary/aromatic N) is 2. The van der Waals surface area contributed by atoms with Gasteiger partial charge in [-0.25, -0.2) is 9.59 Å². The van der Waals surface area contributed by atoms with E-state index in [1.807, 2.05) is 0 Å². The minimum absolute atomic E-state index is 0.0349. The SMILES string of the molecule is O=C(O)N1CC(O)CCC1(Cc1ccc([N+](=O)[O-])cc1)C(=O)O. The van der Waals surface area contributed by atoms with Gasteiger partial charge < -0.3 is 15.3 Å². The lowest BCUT2D eigenvalue weighted by atomic mass is 9.80. The number of hydrogen-bond acceptors (Lipinski definition) is 5. The molecule has 23 heavy (non-hydrogen) atoms. The Morgan fingerprint density at radius 1 is 1.30 bits per heavy atom. The monoisotopic (exact) mass is 324 g/mol. The van der Waals surface area contributed by atoms with Gasteiger partial charge >= 0.3 is 12.1 Å². The maximum absolute atomic E-state index is 11.8. The molecular formula is C14H16N2O7. The molecule has 2 rings (SSSR count). The maximum Gasteiger partial charge on any atom is 0.408 e. The molecule has 124 valence electrons. The second-order valence-corrected chi connectivity index (χ2v) is 5.52. The average molecular weight is 324 g/mol. The van der Waals surface area contributed by atoms with Gasteiger partial charge in [-0.15, -0.1) is 0 Å². The first kappa shape index (κ1) is 16.7. The van der Waals surface area contributed by atoms with Gasteiger partial charge in [0.1, 0.15) is 5.54 Å². The molecule has 0 saturated carbocycles. The number of carbonyl (C=O) groups is 2. The number of rotatable bonds is 4. The molecule has 1 aliphatic rings. The Balaban J connectivity index is 2.34. The number of nitro benzene ring substituents is 1. The van der Waals surface area contributed by atoms with E-state index in [9.17, 15) is 35.0 Å². The van der Waals surface area contributed by atoms with Crippen molar-refractivity contribution in [1.82, 2.24) is 4.90 Å². The summed E-state index contributed by atoms with van der Waals surface area (Å²) in [6, 6.07) is 5.31. The first-order chi connectivity index (χ1) is 10.8. The fraction of sp³-hybridized carbons (Fsp3) is 0.429. The fourth-order valence-electron chi connectivity index (χ4n) is 2.83. The predicted octanol–water partition coefficient (Wildman–Crippen LogP) is 1.10. The second-order valence-electron chi connectivity index (χ2n) is 5.52. The van der Waals surface area contributed by atoms with Crippen LogP contribution >= 0.6 is 0 Å². The van der Waals surface area contributed by atoms with E-state index < -0.39 is 28.6 Å². The molecule has 1 fully saturated rings. The minimum Gasteiger partial charge on any atom is -0.479 e. The van der Waals surface area contributed by atoms with Crippen LogP contribution in [0.2, 0.25) is 0 Å². The van der Waals surface area contributed by atoms with E-state index in [4.69, 9.17) is 0 Å². The zero-order valence-corrected chi connectivity index (χ0v) is 12.1. The van der Waals surface area contributed by atoms with Crippen LogP contribution < -0.4 is 0 Å². The highest BCUT2D eigenvalue weighted by atomic mass is 16.6. The van der Waals surface area contributed by atoms with Crippen molar-refractivity contribution >= 4 is 17.7 Å². The van der Waals surface area contributed by atoms with E-state index in [0.29, 0.717) is 5.56 Å². The fourth-order valence-corrected chi connectivity index (χ4v) is 2.83. The summed E-state index contributed by atoms with van der Waals surface area (Å²) in [4.78, 5) is 34.0. The standard InChI is InChI=1S/C14H16N2O7/c17-11-5-6-14(12(18)19,15(8-11)13(20)21)7-9-1-3-10(4-2-9)16(22)23/h1-4,11,17H,5-8H2,(H,18,19)(H,20,21). The van der Waals surface area contributed by atoms with Gasteiger partial charge in [0.25, 0.3) is 5.69 Å². The zero-order valence-electron chi connectivity index (χ0n) is 12.1. The van der Waals surface area contributed by atoms with E-state index in [0.717, 1.165) is 4.90 Å². The summed E-state index contributed by atoms with van der Waals surface area (Å²) >= 11 is 0. The Morgan fingerprint density at radius 3 is 2.39 bits per heavy atom. The van der Waals surface area contributed by atoms with Crippen LogP contribution in [0.25, 0.3) is 0 Å². The van der Waals surface area contributed by atoms with Crippen molar-refractivity contribution in [1.29, 1.82) is 0 Å². The Labute approximate surface area is 130 Å². The van der Waals surface area contributed by atoms with Crippen LogP contribution in [0.3, 0.4) is 0 Å². The third-order valence-electron chi connectivity index (χ3n) is 4.07. The summed E-state index contributed by atoms with van der Waals surface area (Å²) in [5, 5.41) is 39.2. The van der Waals surface area contributed by atoms with Crippen LogP contribution in [0.5, 0.6) is 0 Å². The number of carboxylic acid groups (broad SMARTS) is 2. The van der Waals surface area contributed by atoms with E-state index in [1.165, 1.54) is 24.3 Å². The zero-order chi connectivity index (χ0) is 17.2. The van der Waals surface area contributed by atoms with Crippen molar-refractivity contribution < 1.29 is 29.8 Å². The minimum atomic E-state index is -1.69. The third-order valence-corrected chi connectivity index (χ3v) is 4.07. The quantitative estimate of drug-likeness (QED) is 0.556. The normalized spacial score (nSPS) is 24.2. The molecule has 1 aromatic rings. The highest BCUT2D eigenvalue weighted by molar-refractivity contribution is 5.84. The number of aliphatic hydroxyl groups excluding tert-OH is 1. The number of likely N-dealkylation sites (tertiary alicyclic amines) is 1. The highest BCUT2D eigenvalue weighted by Crippen LogP contribution is 2.33. The van der Waals surface area contributed by atoms with Gasteiger partial charge in [0, 0.05) is 18.6 Å². The summed E-state index contributed by atoms with van der Waals surface area (Å²) in [5.41, 5.74) is -1.35. The number of amides is 1. The number of piperidine rings is 1. The lowest BCUT2D eigenvalue weighted by molar-refractivity contribution is -0.384. The lowest BCUT2D eigenvalue weighted by Crippen LogP contribution is -2.63. The maximum atomic E-state index is 11.8. The summed E-state index contributed by atoms with van der Waals surface area (Å²) in [6.45, 7) is -0.283. The first-order valence-corrected chi connectivity index (χ1v) is 6.91. The van der Waals surface area contributed by atoms with Crippen LogP contribution in [0.15, 0.2) is 24.3 Å². The number of aliphatic hydroxyl groups is 1. The van der Waals surface area contributed by atoms with E-state index in [-0.39, 0.29) is 31.5 Å². The molecule has 0 aliphatic carbocycles. The van der Waals surface area contributed by atoms with Gasteiger partial charge in [0.2, 0.25) is 0 Å². The molecular weight excluding hydrogens is 308 g/mol. The number of carboxylic acids is 1. The molecule has 1 aliphatic heterocycles. The summed E-state index contributed by atoms with van der Waals surface area (Å²) in [6.07, 6.45) is -2.32. The molecule has 0 radical (unpaired) electrons. The van der Waals surface area contributed by atoms with Crippen molar-refractivity contribution in [3.63, 3.8) is 0 Å². The largest absolute Gasteiger partial charge is 0.479 e. The van der Waals surface area contributed by atoms with Gasteiger partial charge in [-0.2, -0.15) is 0 Å². The summed E-state index contributed by atoms with van der Waals surface area (Å²) in [5.74, 6) is -1.30. The molecule has 1 saturated heterocycles. The molecule has 2 unspecified atom stereocenters. The molecule has 0 bridgehead atoms. The number of non-ortho nitro benzene ring substituents is 1. The van der Waals surface area contributed by atoms with Crippen molar-refractivity contribution in [2.24, 2.45) is 0 Å². The smallest absolute Gasteiger partial charge is 0.408 e. The third kappa shape index (κ3) is 3.24. The van der Waals surface area contributed by atoms with Crippen LogP contribution in [-0.4, -0.2) is 55.4 Å². The topological polar surface area (TPSA) is 141 Å². The van der Waals surface area contributed by atoms with Crippen LogP contribution in [-0.2, 0) is 11.2 Å². The van der Waals surface area contributed by atoms with Crippen molar-refractivity contribution in [2.45, 2.75) is 30.9 Å². The molecule has 1 amide bonds. The number of aliphatic carboxylic acids is 1. The van der Waals surface area contributed by atoms with Gasteiger partial charge in [-0.05, 0) is 18.4 Å². The highest BCUT2D eigenvalue weighted by Gasteiger charge is 2.50. The Morgan fingerprint density at radius 2 is 1.91 bits per heavy atom. The van der Waals surface area contributed by atoms with Gasteiger partial charge in [0.05, 0.1) is 17.6 Å². The van der Waals surface area contributed by atoms with Crippen LogP contribution in [0.4, 0.5) is 10.5 Å². The molecule has 0 spiro atoms. The first-order valence-electron chi connectivity index (χ1n) is 6.91. The van der Waals surface area contributed by atoms with Gasteiger partial charge in [0.15, 0.2) is 0 Å². The van der Waals surface area contributed by atoms with Crippen molar-refractivity contribution in [3.05, 3.63) is 39.9 Å². The van der Waals surface area contributed by atoms with Gasteiger partial charge in [-0.1, -0.05) is 12.1 Å². The Bertz CT molecular complexity index is 631. The number of β-amino-alcohol motifs (C(OH)–C–C–N with tert-alkyl or cyclic N) is 1. The lowest BCUT2D eigenvalue weighted by Gasteiger charge is -2.44. The predicted molar refractivity (Wildman–Crippen MR) is 77.1 cm³/mol. The molecule has 2 atom stereocenters. The molecule has 3 N–H and O–H groups in total. The summed E-state index contributed by atoms with van der Waals surface area (Å²) < 4.78 is 0. The molecule has 1 heterocycles. The van der Waals surface area contributed by atoms with Crippen molar-refractivity contribution in [2.75, 3.05) is 6.54 Å².